The van der Waals surface area contributed by atoms with Crippen molar-refractivity contribution in [1.82, 2.24) is 14.9 Å². The first-order valence-corrected chi connectivity index (χ1v) is 12.7. The molecule has 0 amide bonds. The minimum Gasteiger partial charge on any atom is -0.414 e. The van der Waals surface area contributed by atoms with Crippen LogP contribution in [0.1, 0.15) is 28.6 Å². The van der Waals surface area contributed by atoms with Crippen molar-refractivity contribution in [3.8, 4) is 0 Å². The van der Waals surface area contributed by atoms with Gasteiger partial charge in [0.05, 0.1) is 4.90 Å². The second-order valence-electron chi connectivity index (χ2n) is 7.50. The van der Waals surface area contributed by atoms with E-state index in [1.807, 2.05) is 37.3 Å². The van der Waals surface area contributed by atoms with Crippen molar-refractivity contribution in [3.63, 3.8) is 0 Å². The van der Waals surface area contributed by atoms with Crippen LogP contribution in [0.15, 0.2) is 93.4 Å². The minimum atomic E-state index is -3.81. The number of benzene rings is 3. The van der Waals surface area contributed by atoms with Crippen molar-refractivity contribution in [2.75, 3.05) is 0 Å². The standard InChI is InChI=1S/C24H22FN3O3S2/c1-17-7-13-21(14-8-17)33(29,30)28-22(15-18-5-3-2-4-6-18)23-26-27-24(31-23)32-16-19-9-11-20(25)12-10-19/h2-14,22,28H,15-16H2,1H3. The molecule has 0 aliphatic rings. The highest BCUT2D eigenvalue weighted by molar-refractivity contribution is 7.98. The van der Waals surface area contributed by atoms with Gasteiger partial charge < -0.3 is 4.42 Å². The van der Waals surface area contributed by atoms with Gasteiger partial charge in [0.15, 0.2) is 0 Å². The Labute approximate surface area is 196 Å². The van der Waals surface area contributed by atoms with Crippen LogP contribution in [0.5, 0.6) is 0 Å². The van der Waals surface area contributed by atoms with Crippen molar-refractivity contribution in [2.45, 2.75) is 35.3 Å². The Bertz CT molecular complexity index is 1290. The lowest BCUT2D eigenvalue weighted by Gasteiger charge is -2.16. The van der Waals surface area contributed by atoms with Gasteiger partial charge in [0.2, 0.25) is 15.9 Å². The van der Waals surface area contributed by atoms with Crippen LogP contribution in [-0.4, -0.2) is 18.6 Å². The summed E-state index contributed by atoms with van der Waals surface area (Å²) in [6, 6.07) is 21.5. The van der Waals surface area contributed by atoms with Gasteiger partial charge in [-0.05, 0) is 48.7 Å². The van der Waals surface area contributed by atoms with Crippen molar-refractivity contribution in [2.24, 2.45) is 0 Å². The molecule has 3 aromatic carbocycles. The Morgan fingerprint density at radius 1 is 0.939 bits per heavy atom. The molecule has 1 unspecified atom stereocenters. The SMILES string of the molecule is Cc1ccc(S(=O)(=O)NC(Cc2ccccc2)c2nnc(SCc3ccc(F)cc3)o2)cc1. The summed E-state index contributed by atoms with van der Waals surface area (Å²) in [7, 11) is -3.81. The zero-order chi connectivity index (χ0) is 23.3. The zero-order valence-corrected chi connectivity index (χ0v) is 19.4. The molecule has 0 radical (unpaired) electrons. The lowest BCUT2D eigenvalue weighted by Crippen LogP contribution is -2.30. The van der Waals surface area contributed by atoms with Crippen LogP contribution in [0, 0.1) is 12.7 Å². The van der Waals surface area contributed by atoms with Gasteiger partial charge in [-0.2, -0.15) is 4.72 Å². The molecule has 9 heteroatoms. The molecule has 0 aliphatic carbocycles. The molecular formula is C24H22FN3O3S2. The molecule has 1 atom stereocenters. The number of nitrogens with one attached hydrogen (secondary N) is 1. The fourth-order valence-electron chi connectivity index (χ4n) is 3.15. The van der Waals surface area contributed by atoms with Gasteiger partial charge in [-0.25, -0.2) is 12.8 Å². The average molecular weight is 484 g/mol. The molecule has 0 saturated carbocycles. The fraction of sp³-hybridized carbons (Fsp3) is 0.167. The highest BCUT2D eigenvalue weighted by Gasteiger charge is 2.26. The number of sulfonamides is 1. The summed E-state index contributed by atoms with van der Waals surface area (Å²) in [5.41, 5.74) is 2.80. The van der Waals surface area contributed by atoms with Crippen molar-refractivity contribution >= 4 is 21.8 Å². The molecule has 0 aliphatic heterocycles. The van der Waals surface area contributed by atoms with E-state index in [1.165, 1.54) is 23.9 Å². The van der Waals surface area contributed by atoms with Gasteiger partial charge >= 0.3 is 0 Å². The predicted molar refractivity (Wildman–Crippen MR) is 125 cm³/mol. The number of aromatic nitrogens is 2. The largest absolute Gasteiger partial charge is 0.414 e. The fourth-order valence-corrected chi connectivity index (χ4v) is 5.06. The van der Waals surface area contributed by atoms with Gasteiger partial charge in [0.1, 0.15) is 11.9 Å². The Morgan fingerprint density at radius 2 is 1.64 bits per heavy atom. The van der Waals surface area contributed by atoms with Gasteiger partial charge in [0.25, 0.3) is 5.22 Å². The van der Waals surface area contributed by atoms with E-state index < -0.39 is 16.1 Å². The van der Waals surface area contributed by atoms with E-state index in [1.54, 1.807) is 36.4 Å². The van der Waals surface area contributed by atoms with Crippen LogP contribution >= 0.6 is 11.8 Å². The maximum Gasteiger partial charge on any atom is 0.276 e. The molecule has 0 fully saturated rings. The summed E-state index contributed by atoms with van der Waals surface area (Å²) in [5.74, 6) is 0.393. The summed E-state index contributed by atoms with van der Waals surface area (Å²) in [5, 5.41) is 8.48. The van der Waals surface area contributed by atoms with Crippen molar-refractivity contribution in [1.29, 1.82) is 0 Å². The molecule has 0 saturated heterocycles. The predicted octanol–water partition coefficient (Wildman–Crippen LogP) is 5.07. The van der Waals surface area contributed by atoms with E-state index in [2.05, 4.69) is 14.9 Å². The number of nitrogens with zero attached hydrogens (tertiary/aromatic N) is 2. The first kappa shape index (κ1) is 23.2. The van der Waals surface area contributed by atoms with E-state index in [0.29, 0.717) is 17.4 Å². The first-order chi connectivity index (χ1) is 15.9. The smallest absolute Gasteiger partial charge is 0.276 e. The minimum absolute atomic E-state index is 0.164. The van der Waals surface area contributed by atoms with Crippen LogP contribution in [0.3, 0.4) is 0 Å². The van der Waals surface area contributed by atoms with E-state index in [-0.39, 0.29) is 16.6 Å². The maximum atomic E-state index is 13.1. The first-order valence-electron chi connectivity index (χ1n) is 10.2. The number of halogens is 1. The Morgan fingerprint density at radius 3 is 2.33 bits per heavy atom. The Kier molecular flexibility index (Phi) is 7.22. The molecule has 33 heavy (non-hydrogen) atoms. The highest BCUT2D eigenvalue weighted by Crippen LogP contribution is 2.26. The lowest BCUT2D eigenvalue weighted by molar-refractivity contribution is 0.373. The third kappa shape index (κ3) is 6.28. The zero-order valence-electron chi connectivity index (χ0n) is 17.8. The van der Waals surface area contributed by atoms with E-state index in [0.717, 1.165) is 16.7 Å². The summed E-state index contributed by atoms with van der Waals surface area (Å²) < 4.78 is 47.7. The Balaban J connectivity index is 1.54. The van der Waals surface area contributed by atoms with E-state index in [4.69, 9.17) is 4.42 Å². The molecule has 0 bridgehead atoms. The summed E-state index contributed by atoms with van der Waals surface area (Å²) in [6.45, 7) is 1.89. The number of rotatable bonds is 9. The number of hydrogen-bond acceptors (Lipinski definition) is 6. The van der Waals surface area contributed by atoms with Crippen LogP contribution in [0.2, 0.25) is 0 Å². The molecule has 1 heterocycles. The summed E-state index contributed by atoms with van der Waals surface area (Å²) >= 11 is 1.30. The van der Waals surface area contributed by atoms with Gasteiger partial charge in [-0.1, -0.05) is 71.9 Å². The second kappa shape index (κ2) is 10.3. The monoisotopic (exact) mass is 483 g/mol. The van der Waals surface area contributed by atoms with Gasteiger partial charge in [-0.15, -0.1) is 10.2 Å². The lowest BCUT2D eigenvalue weighted by atomic mass is 10.1. The molecule has 1 aromatic heterocycles. The van der Waals surface area contributed by atoms with Crippen LogP contribution < -0.4 is 4.72 Å². The molecule has 6 nitrogen and oxygen atoms in total. The number of hydrogen-bond donors (Lipinski definition) is 1. The van der Waals surface area contributed by atoms with Gasteiger partial charge in [0, 0.05) is 5.75 Å². The normalized spacial score (nSPS) is 12.5. The topological polar surface area (TPSA) is 85.1 Å². The average Bonchev–Trinajstić information content (AvgIpc) is 3.28. The molecule has 1 N–H and O–H groups in total. The summed E-state index contributed by atoms with van der Waals surface area (Å²) in [6.07, 6.45) is 0.343. The van der Waals surface area contributed by atoms with Crippen molar-refractivity contribution in [3.05, 3.63) is 107 Å². The molecule has 170 valence electrons. The maximum absolute atomic E-state index is 13.1. The third-order valence-electron chi connectivity index (χ3n) is 4.91. The Hall–Kier alpha value is -3.01. The van der Waals surface area contributed by atoms with E-state index >= 15 is 0 Å². The van der Waals surface area contributed by atoms with Crippen LogP contribution in [-0.2, 0) is 22.2 Å². The van der Waals surface area contributed by atoms with Crippen LogP contribution in [0.4, 0.5) is 4.39 Å². The quantitative estimate of drug-likeness (QED) is 0.335. The molecule has 0 spiro atoms. The number of thioether (sulfide) groups is 1. The highest BCUT2D eigenvalue weighted by atomic mass is 32.2. The summed E-state index contributed by atoms with van der Waals surface area (Å²) in [4.78, 5) is 0.164. The molecule has 4 aromatic rings. The van der Waals surface area contributed by atoms with Crippen LogP contribution in [0.25, 0.3) is 0 Å². The molecule has 4 rings (SSSR count). The van der Waals surface area contributed by atoms with Crippen molar-refractivity contribution < 1.29 is 17.2 Å². The number of aryl methyl sites for hydroxylation is 1. The third-order valence-corrected chi connectivity index (χ3v) is 7.28. The van der Waals surface area contributed by atoms with Gasteiger partial charge in [-0.3, -0.25) is 0 Å². The van der Waals surface area contributed by atoms with E-state index in [9.17, 15) is 12.8 Å². The second-order valence-corrected chi connectivity index (χ2v) is 10.1. The molecular weight excluding hydrogens is 461 g/mol.